The largest absolute Gasteiger partial charge is 0.493 e. The molecule has 33 heavy (non-hydrogen) atoms. The highest BCUT2D eigenvalue weighted by Gasteiger charge is 2.30. The summed E-state index contributed by atoms with van der Waals surface area (Å²) >= 11 is 0. The molecule has 0 aliphatic heterocycles. The monoisotopic (exact) mass is 465 g/mol. The molecule has 2 aromatic carbocycles. The number of fused-ring (bicyclic) bond motifs is 1. The number of benzene rings is 2. The number of methoxy groups -OCH3 is 3. The molecular weight excluding hydrogens is 439 g/mol. The van der Waals surface area contributed by atoms with Gasteiger partial charge in [-0.3, -0.25) is 0 Å². The molecule has 10 heteroatoms. The second kappa shape index (κ2) is 10.7. The van der Waals surface area contributed by atoms with Crippen molar-refractivity contribution in [2.45, 2.75) is 25.7 Å². The van der Waals surface area contributed by atoms with Crippen LogP contribution in [0.5, 0.6) is 11.5 Å². The van der Waals surface area contributed by atoms with Crippen molar-refractivity contribution in [3.05, 3.63) is 53.3 Å². The number of hydrogen-bond acceptors (Lipinski definition) is 7. The Hall–Kier alpha value is -3.11. The Kier molecular flexibility index (Phi) is 7.93. The fraction of sp³-hybridized carbons (Fsp3) is 0.391. The number of aromatic nitrogens is 2. The Morgan fingerprint density at radius 1 is 0.970 bits per heavy atom. The van der Waals surface area contributed by atoms with Crippen LogP contribution in [0.25, 0.3) is 10.9 Å². The fourth-order valence-corrected chi connectivity index (χ4v) is 3.35. The molecule has 0 bridgehead atoms. The fourth-order valence-electron chi connectivity index (χ4n) is 3.35. The minimum Gasteiger partial charge on any atom is -0.493 e. The number of aryl methyl sites for hydroxylation is 1. The summed E-state index contributed by atoms with van der Waals surface area (Å²) in [7, 11) is 4.66. The quantitative estimate of drug-likeness (QED) is 0.468. The van der Waals surface area contributed by atoms with E-state index in [1.807, 2.05) is 0 Å². The summed E-state index contributed by atoms with van der Waals surface area (Å²) in [5, 5.41) is 3.76. The van der Waals surface area contributed by atoms with Gasteiger partial charge >= 0.3 is 6.18 Å². The van der Waals surface area contributed by atoms with Gasteiger partial charge in [-0.2, -0.15) is 13.2 Å². The lowest BCUT2D eigenvalue weighted by Gasteiger charge is -2.20. The van der Waals surface area contributed by atoms with Crippen molar-refractivity contribution in [2.24, 2.45) is 0 Å². The second-order valence-electron chi connectivity index (χ2n) is 7.34. The Labute approximate surface area is 189 Å². The number of anilines is 1. The van der Waals surface area contributed by atoms with E-state index in [0.29, 0.717) is 52.8 Å². The molecule has 0 unspecified atom stereocenters. The summed E-state index contributed by atoms with van der Waals surface area (Å²) in [5.74, 6) is 1.89. The van der Waals surface area contributed by atoms with Crippen LogP contribution in [0.3, 0.4) is 0 Å². The van der Waals surface area contributed by atoms with Gasteiger partial charge in [0.2, 0.25) is 0 Å². The Morgan fingerprint density at radius 2 is 1.70 bits per heavy atom. The molecule has 1 aromatic heterocycles. The predicted octanol–water partition coefficient (Wildman–Crippen LogP) is 4.62. The average molecular weight is 465 g/mol. The summed E-state index contributed by atoms with van der Waals surface area (Å²) in [6.07, 6.45) is -4.78. The highest BCUT2D eigenvalue weighted by atomic mass is 19.4. The van der Waals surface area contributed by atoms with Crippen LogP contribution in [-0.4, -0.2) is 50.6 Å². The number of nitrogens with zero attached hydrogens (tertiary/aromatic N) is 2. The first-order valence-corrected chi connectivity index (χ1v) is 10.2. The highest BCUT2D eigenvalue weighted by Crippen LogP contribution is 2.35. The molecule has 178 valence electrons. The van der Waals surface area contributed by atoms with Gasteiger partial charge in [-0.25, -0.2) is 9.97 Å². The Bertz CT molecular complexity index is 1090. The van der Waals surface area contributed by atoms with Crippen molar-refractivity contribution in [1.29, 1.82) is 0 Å². The molecule has 0 aliphatic carbocycles. The minimum atomic E-state index is -4.40. The second-order valence-corrected chi connectivity index (χ2v) is 7.34. The number of alkyl halides is 3. The van der Waals surface area contributed by atoms with Gasteiger partial charge in [-0.1, -0.05) is 12.1 Å². The molecule has 0 spiro atoms. The number of halogens is 3. The van der Waals surface area contributed by atoms with Gasteiger partial charge in [-0.15, -0.1) is 0 Å². The molecular formula is C23H26F3N3O4. The van der Waals surface area contributed by atoms with Crippen molar-refractivity contribution in [3.63, 3.8) is 0 Å². The normalized spacial score (nSPS) is 11.8. The van der Waals surface area contributed by atoms with Crippen LogP contribution in [0.4, 0.5) is 19.0 Å². The van der Waals surface area contributed by atoms with E-state index in [9.17, 15) is 13.2 Å². The minimum absolute atomic E-state index is 0.146. The summed E-state index contributed by atoms with van der Waals surface area (Å²) in [6.45, 7) is 2.49. The van der Waals surface area contributed by atoms with E-state index in [-0.39, 0.29) is 12.6 Å². The predicted molar refractivity (Wildman–Crippen MR) is 118 cm³/mol. The van der Waals surface area contributed by atoms with E-state index in [2.05, 4.69) is 15.3 Å². The summed E-state index contributed by atoms with van der Waals surface area (Å²) in [6, 6.07) is 8.62. The lowest BCUT2D eigenvalue weighted by molar-refractivity contribution is -0.137. The molecule has 7 nitrogen and oxygen atoms in total. The van der Waals surface area contributed by atoms with E-state index < -0.39 is 11.7 Å². The zero-order chi connectivity index (χ0) is 24.0. The third-order valence-electron chi connectivity index (χ3n) is 4.81. The van der Waals surface area contributed by atoms with E-state index in [4.69, 9.17) is 18.9 Å². The third kappa shape index (κ3) is 6.23. The maximum atomic E-state index is 13.0. The Morgan fingerprint density at radius 3 is 2.33 bits per heavy atom. The van der Waals surface area contributed by atoms with E-state index in [1.54, 1.807) is 39.3 Å². The van der Waals surface area contributed by atoms with Gasteiger partial charge in [0.05, 0.1) is 31.4 Å². The van der Waals surface area contributed by atoms with Crippen molar-refractivity contribution in [2.75, 3.05) is 39.9 Å². The molecule has 0 atom stereocenters. The molecule has 1 heterocycles. The smallest absolute Gasteiger partial charge is 0.416 e. The van der Waals surface area contributed by atoms with Crippen LogP contribution >= 0.6 is 0 Å². The van der Waals surface area contributed by atoms with Gasteiger partial charge in [0, 0.05) is 32.2 Å². The van der Waals surface area contributed by atoms with Crippen LogP contribution in [0.1, 0.15) is 17.0 Å². The Balaban J connectivity index is 1.94. The molecule has 3 aromatic rings. The molecule has 0 saturated heterocycles. The standard InChI is InChI=1S/C23H26F3N3O4/c1-14-28-19-10-20(32-4)21(33-17(12-30-2)13-31-3)9-18(19)22(29-14)27-11-15-6-5-7-16(8-15)23(24,25)26/h5-10,17H,11-13H2,1-4H3,(H,27,28,29). The lowest BCUT2D eigenvalue weighted by Crippen LogP contribution is -2.27. The van der Waals surface area contributed by atoms with E-state index in [0.717, 1.165) is 12.1 Å². The summed E-state index contributed by atoms with van der Waals surface area (Å²) in [4.78, 5) is 8.90. The van der Waals surface area contributed by atoms with Crippen molar-refractivity contribution < 1.29 is 32.1 Å². The van der Waals surface area contributed by atoms with Gasteiger partial charge < -0.3 is 24.3 Å². The van der Waals surface area contributed by atoms with Gasteiger partial charge in [-0.05, 0) is 30.7 Å². The van der Waals surface area contributed by atoms with Gasteiger partial charge in [0.1, 0.15) is 17.7 Å². The maximum Gasteiger partial charge on any atom is 0.416 e. The number of hydrogen-bond donors (Lipinski definition) is 1. The first kappa shape index (κ1) is 24.5. The molecule has 0 fully saturated rings. The van der Waals surface area contributed by atoms with Gasteiger partial charge in [0.15, 0.2) is 11.5 Å². The van der Waals surface area contributed by atoms with E-state index in [1.165, 1.54) is 13.2 Å². The molecule has 0 amide bonds. The van der Waals surface area contributed by atoms with Crippen molar-refractivity contribution in [3.8, 4) is 11.5 Å². The van der Waals surface area contributed by atoms with Crippen LogP contribution in [-0.2, 0) is 22.2 Å². The number of nitrogens with one attached hydrogen (secondary N) is 1. The topological polar surface area (TPSA) is 74.7 Å². The van der Waals surface area contributed by atoms with Crippen LogP contribution < -0.4 is 14.8 Å². The molecule has 0 radical (unpaired) electrons. The van der Waals surface area contributed by atoms with Crippen LogP contribution in [0.2, 0.25) is 0 Å². The zero-order valence-electron chi connectivity index (χ0n) is 18.8. The molecule has 3 rings (SSSR count). The number of rotatable bonds is 10. The zero-order valence-corrected chi connectivity index (χ0v) is 18.8. The number of ether oxygens (including phenoxy) is 4. The first-order valence-electron chi connectivity index (χ1n) is 10.2. The molecule has 0 saturated carbocycles. The van der Waals surface area contributed by atoms with E-state index >= 15 is 0 Å². The van der Waals surface area contributed by atoms with Crippen molar-refractivity contribution in [1.82, 2.24) is 9.97 Å². The average Bonchev–Trinajstić information content (AvgIpc) is 2.77. The SMILES string of the molecule is COCC(COC)Oc1cc2c(NCc3cccc(C(F)(F)F)c3)nc(C)nc2cc1OC. The summed E-state index contributed by atoms with van der Waals surface area (Å²) in [5.41, 5.74) is 0.376. The summed E-state index contributed by atoms with van der Waals surface area (Å²) < 4.78 is 61.0. The highest BCUT2D eigenvalue weighted by molar-refractivity contribution is 5.91. The first-order chi connectivity index (χ1) is 15.7. The van der Waals surface area contributed by atoms with Crippen LogP contribution in [0.15, 0.2) is 36.4 Å². The lowest BCUT2D eigenvalue weighted by atomic mass is 10.1. The molecule has 1 N–H and O–H groups in total. The van der Waals surface area contributed by atoms with Crippen molar-refractivity contribution >= 4 is 16.7 Å². The molecule has 0 aliphatic rings. The maximum absolute atomic E-state index is 13.0. The van der Waals surface area contributed by atoms with Gasteiger partial charge in [0.25, 0.3) is 0 Å². The third-order valence-corrected chi connectivity index (χ3v) is 4.81. The van der Waals surface area contributed by atoms with Crippen LogP contribution in [0, 0.1) is 6.92 Å².